The van der Waals surface area contributed by atoms with Crippen molar-refractivity contribution in [1.29, 1.82) is 0 Å². The molecule has 172 valence electrons. The summed E-state index contributed by atoms with van der Waals surface area (Å²) in [5.74, 6) is 0. The number of amides is 1. The zero-order chi connectivity index (χ0) is 23.5. The minimum Gasteiger partial charge on any atom is -0.396 e. The predicted molar refractivity (Wildman–Crippen MR) is 131 cm³/mol. The average Bonchev–Trinajstić information content (AvgIpc) is 3.62. The molecule has 1 fully saturated rings. The molecule has 0 aliphatic heterocycles. The highest BCUT2D eigenvalue weighted by atomic mass is 35.5. The Balaban J connectivity index is 1.88. The van der Waals surface area contributed by atoms with Crippen LogP contribution in [-0.2, 0) is 21.8 Å². The van der Waals surface area contributed by atoms with Crippen molar-refractivity contribution in [2.75, 3.05) is 13.2 Å². The van der Waals surface area contributed by atoms with Crippen LogP contribution in [-0.4, -0.2) is 29.6 Å². The van der Waals surface area contributed by atoms with E-state index in [0.29, 0.717) is 18.2 Å². The molecule has 4 rings (SSSR count). The van der Waals surface area contributed by atoms with Crippen LogP contribution >= 0.6 is 11.6 Å². The van der Waals surface area contributed by atoms with Crippen LogP contribution in [0.5, 0.6) is 0 Å². The molecular weight excluding hydrogens is 434 g/mol. The fourth-order valence-electron chi connectivity index (χ4n) is 4.24. The van der Waals surface area contributed by atoms with E-state index < -0.39 is 5.72 Å². The van der Waals surface area contributed by atoms with Gasteiger partial charge in [-0.05, 0) is 49.9 Å². The Kier molecular flexibility index (Phi) is 6.89. The van der Waals surface area contributed by atoms with Gasteiger partial charge in [-0.3, -0.25) is 4.79 Å². The van der Waals surface area contributed by atoms with E-state index in [9.17, 15) is 9.90 Å². The SMILES string of the molecule is Cc1ccc(CN(C=O)C(OCC2(CO)CC2)(c2ccc(Cl)cc2)c2ccccc2C)cc1. The van der Waals surface area contributed by atoms with Gasteiger partial charge in [-0.15, -0.1) is 0 Å². The quantitative estimate of drug-likeness (QED) is 0.314. The molecule has 1 amide bonds. The van der Waals surface area contributed by atoms with Crippen LogP contribution in [0.25, 0.3) is 0 Å². The third-order valence-electron chi connectivity index (χ3n) is 6.63. The molecule has 0 saturated heterocycles. The van der Waals surface area contributed by atoms with Gasteiger partial charge in [0.05, 0.1) is 13.2 Å². The number of halogens is 1. The summed E-state index contributed by atoms with van der Waals surface area (Å²) in [7, 11) is 0. The summed E-state index contributed by atoms with van der Waals surface area (Å²) < 4.78 is 6.78. The number of aliphatic hydroxyl groups is 1. The van der Waals surface area contributed by atoms with Crippen molar-refractivity contribution in [3.63, 3.8) is 0 Å². The number of hydrogen-bond acceptors (Lipinski definition) is 3. The monoisotopic (exact) mass is 463 g/mol. The highest BCUT2D eigenvalue weighted by Gasteiger charge is 2.48. The number of hydrogen-bond donors (Lipinski definition) is 1. The standard InChI is InChI=1S/C28H30ClNO3/c1-21-7-9-23(10-8-21)17-30(20-32)28(24-11-13-25(29)14-12-24,26-6-4-3-5-22(26)2)33-19-27(18-31)15-16-27/h3-14,20,31H,15-19H2,1-2H3. The summed E-state index contributed by atoms with van der Waals surface area (Å²) in [6, 6.07) is 23.6. The first-order chi connectivity index (χ1) is 15.9. The number of ether oxygens (including phenoxy) is 1. The maximum atomic E-state index is 12.7. The number of aliphatic hydroxyl groups excluding tert-OH is 1. The van der Waals surface area contributed by atoms with Gasteiger partial charge in [-0.25, -0.2) is 0 Å². The molecule has 1 aliphatic carbocycles. The van der Waals surface area contributed by atoms with E-state index in [1.807, 2.05) is 86.6 Å². The van der Waals surface area contributed by atoms with Crippen molar-refractivity contribution < 1.29 is 14.6 Å². The van der Waals surface area contributed by atoms with Crippen molar-refractivity contribution >= 4 is 18.0 Å². The first kappa shape index (κ1) is 23.5. The van der Waals surface area contributed by atoms with Gasteiger partial charge < -0.3 is 14.7 Å². The molecule has 3 aromatic rings. The molecule has 3 aromatic carbocycles. The van der Waals surface area contributed by atoms with E-state index in [4.69, 9.17) is 16.3 Å². The number of carbonyl (C=O) groups is 1. The first-order valence-electron chi connectivity index (χ1n) is 11.3. The van der Waals surface area contributed by atoms with Gasteiger partial charge in [-0.2, -0.15) is 0 Å². The van der Waals surface area contributed by atoms with Crippen molar-refractivity contribution in [2.24, 2.45) is 5.41 Å². The molecule has 1 unspecified atom stereocenters. The molecule has 1 saturated carbocycles. The molecule has 1 N–H and O–H groups in total. The molecular formula is C28H30ClNO3. The second-order valence-electron chi connectivity index (χ2n) is 9.13. The highest BCUT2D eigenvalue weighted by Crippen LogP contribution is 2.48. The number of carbonyl (C=O) groups excluding carboxylic acids is 1. The van der Waals surface area contributed by atoms with Gasteiger partial charge in [0.2, 0.25) is 6.41 Å². The lowest BCUT2D eigenvalue weighted by molar-refractivity contribution is -0.165. The first-order valence-corrected chi connectivity index (χ1v) is 11.6. The average molecular weight is 464 g/mol. The van der Waals surface area contributed by atoms with E-state index >= 15 is 0 Å². The van der Waals surface area contributed by atoms with Crippen LogP contribution in [0.15, 0.2) is 72.8 Å². The van der Waals surface area contributed by atoms with E-state index in [1.54, 1.807) is 4.90 Å². The Bertz CT molecular complexity index is 1090. The summed E-state index contributed by atoms with van der Waals surface area (Å²) in [6.45, 7) is 4.85. The largest absolute Gasteiger partial charge is 0.396 e. The zero-order valence-electron chi connectivity index (χ0n) is 19.1. The van der Waals surface area contributed by atoms with Crippen LogP contribution in [0.2, 0.25) is 5.02 Å². The zero-order valence-corrected chi connectivity index (χ0v) is 19.9. The molecule has 0 radical (unpaired) electrons. The number of aryl methyl sites for hydroxylation is 2. The Morgan fingerprint density at radius 1 is 1.03 bits per heavy atom. The van der Waals surface area contributed by atoms with E-state index in [0.717, 1.165) is 47.1 Å². The number of rotatable bonds is 10. The van der Waals surface area contributed by atoms with Gasteiger partial charge in [0.1, 0.15) is 0 Å². The van der Waals surface area contributed by atoms with Crippen LogP contribution in [0, 0.1) is 19.3 Å². The van der Waals surface area contributed by atoms with Gasteiger partial charge in [0.25, 0.3) is 0 Å². The lowest BCUT2D eigenvalue weighted by Gasteiger charge is -2.44. The number of nitrogens with zero attached hydrogens (tertiary/aromatic N) is 1. The van der Waals surface area contributed by atoms with Gasteiger partial charge in [0, 0.05) is 28.1 Å². The van der Waals surface area contributed by atoms with Crippen molar-refractivity contribution in [3.05, 3.63) is 106 Å². The minimum absolute atomic E-state index is 0.0660. The second-order valence-corrected chi connectivity index (χ2v) is 9.57. The molecule has 0 spiro atoms. The third kappa shape index (κ3) is 4.84. The predicted octanol–water partition coefficient (Wildman–Crippen LogP) is 5.61. The maximum Gasteiger partial charge on any atom is 0.212 e. The molecule has 1 atom stereocenters. The van der Waals surface area contributed by atoms with Gasteiger partial charge in [-0.1, -0.05) is 77.8 Å². The van der Waals surface area contributed by atoms with Crippen LogP contribution in [0.4, 0.5) is 0 Å². The second kappa shape index (κ2) is 9.68. The van der Waals surface area contributed by atoms with Crippen molar-refractivity contribution in [3.8, 4) is 0 Å². The van der Waals surface area contributed by atoms with E-state index in [-0.39, 0.29) is 12.0 Å². The lowest BCUT2D eigenvalue weighted by Crippen LogP contribution is -2.49. The van der Waals surface area contributed by atoms with Crippen molar-refractivity contribution in [1.82, 2.24) is 4.90 Å². The van der Waals surface area contributed by atoms with Gasteiger partial charge >= 0.3 is 0 Å². The maximum absolute atomic E-state index is 12.7. The molecule has 0 aromatic heterocycles. The van der Waals surface area contributed by atoms with Crippen LogP contribution in [0.3, 0.4) is 0 Å². The Hall–Kier alpha value is -2.66. The molecule has 33 heavy (non-hydrogen) atoms. The highest BCUT2D eigenvalue weighted by molar-refractivity contribution is 6.30. The molecule has 5 heteroatoms. The van der Waals surface area contributed by atoms with Crippen molar-refractivity contribution in [2.45, 2.75) is 39.0 Å². The summed E-state index contributed by atoms with van der Waals surface area (Å²) in [4.78, 5) is 14.4. The molecule has 4 nitrogen and oxygen atoms in total. The summed E-state index contributed by atoms with van der Waals surface area (Å²) >= 11 is 6.22. The third-order valence-corrected chi connectivity index (χ3v) is 6.88. The fraction of sp³-hybridized carbons (Fsp3) is 0.321. The summed E-state index contributed by atoms with van der Waals surface area (Å²) in [5, 5.41) is 10.6. The number of benzene rings is 3. The van der Waals surface area contributed by atoms with Crippen LogP contribution < -0.4 is 0 Å². The summed E-state index contributed by atoms with van der Waals surface area (Å²) in [5.41, 5.74) is 3.46. The molecule has 0 bridgehead atoms. The Morgan fingerprint density at radius 3 is 2.27 bits per heavy atom. The Morgan fingerprint density at radius 2 is 1.70 bits per heavy atom. The van der Waals surface area contributed by atoms with Crippen LogP contribution in [0.1, 0.15) is 40.7 Å². The molecule has 1 aliphatic rings. The van der Waals surface area contributed by atoms with E-state index in [1.165, 1.54) is 0 Å². The Labute approximate surface area is 200 Å². The molecule has 0 heterocycles. The van der Waals surface area contributed by atoms with E-state index in [2.05, 4.69) is 0 Å². The summed E-state index contributed by atoms with van der Waals surface area (Å²) in [6.07, 6.45) is 2.68. The topological polar surface area (TPSA) is 49.8 Å². The van der Waals surface area contributed by atoms with Gasteiger partial charge in [0.15, 0.2) is 5.72 Å². The minimum atomic E-state index is -1.17. The lowest BCUT2D eigenvalue weighted by atomic mass is 9.88. The fourth-order valence-corrected chi connectivity index (χ4v) is 4.37. The normalized spacial score (nSPS) is 16.1. The smallest absolute Gasteiger partial charge is 0.212 e.